The molecule has 1 amide bonds. The highest BCUT2D eigenvalue weighted by molar-refractivity contribution is 7.99. The molecular weight excluding hydrogens is 444 g/mol. The van der Waals surface area contributed by atoms with Gasteiger partial charge in [0, 0.05) is 18.7 Å². The van der Waals surface area contributed by atoms with E-state index < -0.39 is 9.84 Å². The zero-order valence-corrected chi connectivity index (χ0v) is 20.0. The molecule has 7 nitrogen and oxygen atoms in total. The number of sulfone groups is 1. The molecule has 168 valence electrons. The molecule has 0 N–H and O–H groups in total. The van der Waals surface area contributed by atoms with Crippen LogP contribution in [0, 0.1) is 13.8 Å². The third-order valence-electron chi connectivity index (χ3n) is 5.89. The van der Waals surface area contributed by atoms with Crippen LogP contribution in [0.15, 0.2) is 53.7 Å². The van der Waals surface area contributed by atoms with Crippen LogP contribution in [0.5, 0.6) is 0 Å². The Labute approximate surface area is 192 Å². The molecule has 2 heterocycles. The van der Waals surface area contributed by atoms with Crippen LogP contribution >= 0.6 is 11.8 Å². The summed E-state index contributed by atoms with van der Waals surface area (Å²) in [4.78, 5) is 14.4. The zero-order valence-electron chi connectivity index (χ0n) is 18.4. The van der Waals surface area contributed by atoms with Gasteiger partial charge in [0.05, 0.1) is 22.9 Å². The first-order valence-electron chi connectivity index (χ1n) is 10.4. The Hall–Kier alpha value is -2.65. The summed E-state index contributed by atoms with van der Waals surface area (Å²) in [6.45, 7) is 4.13. The van der Waals surface area contributed by atoms with Crippen molar-refractivity contribution in [3.8, 4) is 17.1 Å². The van der Waals surface area contributed by atoms with Crippen molar-refractivity contribution in [1.29, 1.82) is 0 Å². The Kier molecular flexibility index (Phi) is 6.39. The lowest BCUT2D eigenvalue weighted by Gasteiger charge is -2.23. The summed E-state index contributed by atoms with van der Waals surface area (Å²) in [7, 11) is -1.37. The maximum absolute atomic E-state index is 12.8. The number of hydrogen-bond donors (Lipinski definition) is 0. The van der Waals surface area contributed by atoms with E-state index >= 15 is 0 Å². The lowest BCUT2D eigenvalue weighted by atomic mass is 10.1. The van der Waals surface area contributed by atoms with Gasteiger partial charge < -0.3 is 4.90 Å². The van der Waals surface area contributed by atoms with Gasteiger partial charge in [0.15, 0.2) is 20.8 Å². The minimum atomic E-state index is -3.05. The summed E-state index contributed by atoms with van der Waals surface area (Å²) in [5, 5.41) is 9.42. The molecule has 1 atom stereocenters. The van der Waals surface area contributed by atoms with Crippen LogP contribution in [0.4, 0.5) is 0 Å². The highest BCUT2D eigenvalue weighted by Gasteiger charge is 2.32. The van der Waals surface area contributed by atoms with Gasteiger partial charge in [0.1, 0.15) is 0 Å². The Balaban J connectivity index is 1.60. The number of carbonyl (C=O) groups excluding carboxylic acids is 1. The number of benzene rings is 2. The quantitative estimate of drug-likeness (QED) is 0.514. The van der Waals surface area contributed by atoms with Crippen LogP contribution in [0.2, 0.25) is 0 Å². The number of carbonyl (C=O) groups is 1. The van der Waals surface area contributed by atoms with Crippen LogP contribution in [0.3, 0.4) is 0 Å². The van der Waals surface area contributed by atoms with E-state index in [4.69, 9.17) is 0 Å². The smallest absolute Gasteiger partial charge is 0.233 e. The summed E-state index contributed by atoms with van der Waals surface area (Å²) in [5.74, 6) is 0.929. The first-order valence-corrected chi connectivity index (χ1v) is 13.2. The average Bonchev–Trinajstić information content (AvgIpc) is 3.37. The number of amides is 1. The highest BCUT2D eigenvalue weighted by atomic mass is 32.2. The molecule has 9 heteroatoms. The summed E-state index contributed by atoms with van der Waals surface area (Å²) < 4.78 is 25.5. The maximum atomic E-state index is 12.8. The summed E-state index contributed by atoms with van der Waals surface area (Å²) in [6, 6.07) is 15.7. The standard InChI is InChI=1S/C23H26N4O3S2/c1-16-9-10-19(13-17(16)2)27-22(18-7-5-4-6-8-18)24-25-23(27)31-14-21(28)26(3)20-11-12-32(29,30)15-20/h4-10,13,20H,11-12,14-15H2,1-3H3/t20-/m0/s1. The zero-order chi connectivity index (χ0) is 22.9. The van der Waals surface area contributed by atoms with Crippen molar-refractivity contribution in [2.75, 3.05) is 24.3 Å². The SMILES string of the molecule is Cc1ccc(-n2c(SCC(=O)N(C)[C@H]3CCS(=O)(=O)C3)nnc2-c2ccccc2)cc1C. The molecule has 0 radical (unpaired) electrons. The van der Waals surface area contributed by atoms with Crippen LogP contribution in [-0.4, -0.2) is 64.3 Å². The summed E-state index contributed by atoms with van der Waals surface area (Å²) >= 11 is 1.31. The molecule has 3 aromatic rings. The molecule has 1 aliphatic heterocycles. The molecule has 0 aliphatic carbocycles. The van der Waals surface area contributed by atoms with Crippen molar-refractivity contribution in [2.24, 2.45) is 0 Å². The molecule has 1 aliphatic rings. The molecule has 1 aromatic heterocycles. The predicted molar refractivity (Wildman–Crippen MR) is 127 cm³/mol. The Morgan fingerprint density at radius 1 is 1.12 bits per heavy atom. The van der Waals surface area contributed by atoms with Gasteiger partial charge >= 0.3 is 0 Å². The lowest BCUT2D eigenvalue weighted by Crippen LogP contribution is -2.38. The third kappa shape index (κ3) is 4.73. The fourth-order valence-electron chi connectivity index (χ4n) is 3.75. The third-order valence-corrected chi connectivity index (χ3v) is 8.55. The topological polar surface area (TPSA) is 85.2 Å². The van der Waals surface area contributed by atoms with E-state index in [0.717, 1.165) is 16.8 Å². The van der Waals surface area contributed by atoms with Gasteiger partial charge in [-0.3, -0.25) is 9.36 Å². The van der Waals surface area contributed by atoms with Gasteiger partial charge in [-0.05, 0) is 43.5 Å². The molecule has 0 spiro atoms. The van der Waals surface area contributed by atoms with Gasteiger partial charge in [-0.2, -0.15) is 0 Å². The second kappa shape index (κ2) is 9.07. The van der Waals surface area contributed by atoms with Crippen LogP contribution < -0.4 is 0 Å². The molecule has 1 fully saturated rings. The fraction of sp³-hybridized carbons (Fsp3) is 0.348. The number of hydrogen-bond acceptors (Lipinski definition) is 6. The molecule has 4 rings (SSSR count). The maximum Gasteiger partial charge on any atom is 0.233 e. The average molecular weight is 471 g/mol. The predicted octanol–water partition coefficient (Wildman–Crippen LogP) is 3.29. The summed E-state index contributed by atoms with van der Waals surface area (Å²) in [5.41, 5.74) is 4.22. The normalized spacial score (nSPS) is 17.4. The van der Waals surface area contributed by atoms with Crippen molar-refractivity contribution in [3.63, 3.8) is 0 Å². The van der Waals surface area contributed by atoms with E-state index in [1.54, 1.807) is 11.9 Å². The van der Waals surface area contributed by atoms with E-state index in [2.05, 4.69) is 36.2 Å². The molecule has 32 heavy (non-hydrogen) atoms. The van der Waals surface area contributed by atoms with E-state index in [-0.39, 0.29) is 29.2 Å². The van der Waals surface area contributed by atoms with E-state index in [1.807, 2.05) is 41.0 Å². The molecule has 1 saturated heterocycles. The first kappa shape index (κ1) is 22.5. The van der Waals surface area contributed by atoms with E-state index in [0.29, 0.717) is 17.4 Å². The van der Waals surface area contributed by atoms with Crippen molar-refractivity contribution >= 4 is 27.5 Å². The fourth-order valence-corrected chi connectivity index (χ4v) is 6.40. The van der Waals surface area contributed by atoms with Crippen LogP contribution in [-0.2, 0) is 14.6 Å². The molecule has 0 bridgehead atoms. The number of aromatic nitrogens is 3. The second-order valence-electron chi connectivity index (χ2n) is 8.13. The second-order valence-corrected chi connectivity index (χ2v) is 11.3. The Morgan fingerprint density at radius 3 is 2.53 bits per heavy atom. The molecule has 0 unspecified atom stereocenters. The largest absolute Gasteiger partial charge is 0.341 e. The Bertz CT molecular complexity index is 1240. The van der Waals surface area contributed by atoms with Crippen molar-refractivity contribution in [2.45, 2.75) is 31.5 Å². The van der Waals surface area contributed by atoms with Crippen LogP contribution in [0.25, 0.3) is 17.1 Å². The van der Waals surface area contributed by atoms with Gasteiger partial charge in [0.2, 0.25) is 5.91 Å². The minimum absolute atomic E-state index is 0.0386. The Morgan fingerprint density at radius 2 is 1.88 bits per heavy atom. The minimum Gasteiger partial charge on any atom is -0.341 e. The number of thioether (sulfide) groups is 1. The highest BCUT2D eigenvalue weighted by Crippen LogP contribution is 2.29. The molecule has 2 aromatic carbocycles. The molecule has 0 saturated carbocycles. The van der Waals surface area contributed by atoms with Crippen molar-refractivity contribution < 1.29 is 13.2 Å². The van der Waals surface area contributed by atoms with Gasteiger partial charge in [-0.25, -0.2) is 8.42 Å². The van der Waals surface area contributed by atoms with E-state index in [1.165, 1.54) is 17.3 Å². The van der Waals surface area contributed by atoms with Gasteiger partial charge in [-0.1, -0.05) is 48.2 Å². The number of aryl methyl sites for hydroxylation is 2. The van der Waals surface area contributed by atoms with Crippen molar-refractivity contribution in [3.05, 3.63) is 59.7 Å². The van der Waals surface area contributed by atoms with E-state index in [9.17, 15) is 13.2 Å². The van der Waals surface area contributed by atoms with Crippen LogP contribution in [0.1, 0.15) is 17.5 Å². The number of rotatable bonds is 6. The van der Waals surface area contributed by atoms with Crippen molar-refractivity contribution in [1.82, 2.24) is 19.7 Å². The monoisotopic (exact) mass is 470 g/mol. The lowest BCUT2D eigenvalue weighted by molar-refractivity contribution is -0.128. The van der Waals surface area contributed by atoms with Gasteiger partial charge in [-0.15, -0.1) is 10.2 Å². The first-order chi connectivity index (χ1) is 15.2. The molecular formula is C23H26N4O3S2. The van der Waals surface area contributed by atoms with Gasteiger partial charge in [0.25, 0.3) is 0 Å². The summed E-state index contributed by atoms with van der Waals surface area (Å²) in [6.07, 6.45) is 0.492. The number of nitrogens with zero attached hydrogens (tertiary/aromatic N) is 4.